The molecule has 0 aliphatic rings. The van der Waals surface area contributed by atoms with Crippen molar-refractivity contribution in [2.75, 3.05) is 5.75 Å². The second-order valence-electron chi connectivity index (χ2n) is 4.47. The number of hydrogen-bond donors (Lipinski definition) is 2. The summed E-state index contributed by atoms with van der Waals surface area (Å²) in [5, 5.41) is 0.663. The van der Waals surface area contributed by atoms with Gasteiger partial charge in [-0.25, -0.2) is 0 Å². The normalized spacial score (nSPS) is 11.8. The molecule has 6 heteroatoms. The van der Waals surface area contributed by atoms with Crippen LogP contribution in [-0.4, -0.2) is 17.6 Å². The van der Waals surface area contributed by atoms with Gasteiger partial charge in [-0.3, -0.25) is 20.4 Å². The summed E-state index contributed by atoms with van der Waals surface area (Å²) in [7, 11) is 0. The molecule has 2 N–H and O–H groups in total. The summed E-state index contributed by atoms with van der Waals surface area (Å²) >= 11 is 7.16. The minimum absolute atomic E-state index is 0.0933. The summed E-state index contributed by atoms with van der Waals surface area (Å²) in [6.07, 6.45) is 1.75. The molecule has 4 nitrogen and oxygen atoms in total. The Morgan fingerprint density at radius 2 is 1.90 bits per heavy atom. The lowest BCUT2D eigenvalue weighted by Crippen LogP contribution is -2.44. The first kappa shape index (κ1) is 16.9. The molecule has 0 radical (unpaired) electrons. The summed E-state index contributed by atoms with van der Waals surface area (Å²) in [5.74, 6) is -0.243. The molecule has 0 spiro atoms. The van der Waals surface area contributed by atoms with Crippen LogP contribution in [-0.2, 0) is 9.59 Å². The molecule has 20 heavy (non-hydrogen) atoms. The average molecular weight is 315 g/mol. The molecule has 0 aromatic heterocycles. The van der Waals surface area contributed by atoms with Crippen LogP contribution in [0.25, 0.3) is 0 Å². The van der Waals surface area contributed by atoms with E-state index in [0.29, 0.717) is 5.02 Å². The number of thioether (sulfide) groups is 1. The van der Waals surface area contributed by atoms with Crippen LogP contribution in [0.4, 0.5) is 0 Å². The van der Waals surface area contributed by atoms with Crippen molar-refractivity contribution in [1.82, 2.24) is 10.9 Å². The van der Waals surface area contributed by atoms with Gasteiger partial charge in [0.25, 0.3) is 0 Å². The van der Waals surface area contributed by atoms with Crippen LogP contribution in [0.2, 0.25) is 5.02 Å². The molecule has 0 saturated carbocycles. The molecule has 0 aliphatic carbocycles. The smallest absolute Gasteiger partial charge is 0.248 e. The molecule has 110 valence electrons. The maximum atomic E-state index is 11.6. The first-order valence-corrected chi connectivity index (χ1v) is 7.86. The molecular formula is C14H19ClN2O2S. The predicted octanol–water partition coefficient (Wildman–Crippen LogP) is 3.02. The minimum Gasteiger partial charge on any atom is -0.273 e. The zero-order valence-electron chi connectivity index (χ0n) is 11.6. The summed E-state index contributed by atoms with van der Waals surface area (Å²) in [4.78, 5) is 24.2. The Bertz CT molecular complexity index is 451. The van der Waals surface area contributed by atoms with Crippen molar-refractivity contribution in [3.05, 3.63) is 29.3 Å². The molecule has 0 bridgehead atoms. The van der Waals surface area contributed by atoms with E-state index in [4.69, 9.17) is 11.6 Å². The van der Waals surface area contributed by atoms with Crippen LogP contribution >= 0.6 is 23.4 Å². The van der Waals surface area contributed by atoms with E-state index >= 15 is 0 Å². The number of nitrogens with one attached hydrogen (secondary N) is 2. The van der Waals surface area contributed by atoms with Crippen molar-refractivity contribution in [2.24, 2.45) is 5.92 Å². The highest BCUT2D eigenvalue weighted by Crippen LogP contribution is 2.19. The standard InChI is InChI=1S/C14H19ClN2O2S/c1-3-4-10(2)14(19)17-16-13(18)9-20-12-7-5-11(15)6-8-12/h5-8,10H,3-4,9H2,1-2H3,(H,16,18)(H,17,19). The predicted molar refractivity (Wildman–Crippen MR) is 82.5 cm³/mol. The van der Waals surface area contributed by atoms with Crippen LogP contribution in [0.15, 0.2) is 29.2 Å². The van der Waals surface area contributed by atoms with E-state index in [9.17, 15) is 9.59 Å². The van der Waals surface area contributed by atoms with Gasteiger partial charge >= 0.3 is 0 Å². The van der Waals surface area contributed by atoms with E-state index in [1.807, 2.05) is 26.0 Å². The van der Waals surface area contributed by atoms with Crippen LogP contribution in [0.5, 0.6) is 0 Å². The highest BCUT2D eigenvalue weighted by molar-refractivity contribution is 8.00. The van der Waals surface area contributed by atoms with Gasteiger partial charge in [0.1, 0.15) is 0 Å². The molecule has 1 aromatic rings. The average Bonchev–Trinajstić information content (AvgIpc) is 2.44. The molecular weight excluding hydrogens is 296 g/mol. The van der Waals surface area contributed by atoms with Crippen molar-refractivity contribution in [3.8, 4) is 0 Å². The molecule has 0 heterocycles. The fourth-order valence-electron chi connectivity index (χ4n) is 1.53. The van der Waals surface area contributed by atoms with E-state index in [0.717, 1.165) is 17.7 Å². The zero-order chi connectivity index (χ0) is 15.0. The van der Waals surface area contributed by atoms with Crippen molar-refractivity contribution in [3.63, 3.8) is 0 Å². The summed E-state index contributed by atoms with van der Waals surface area (Å²) in [5.41, 5.74) is 4.86. The third-order valence-electron chi connectivity index (χ3n) is 2.68. The van der Waals surface area contributed by atoms with E-state index in [2.05, 4.69) is 10.9 Å². The highest BCUT2D eigenvalue weighted by Gasteiger charge is 2.12. The van der Waals surface area contributed by atoms with Crippen molar-refractivity contribution in [2.45, 2.75) is 31.6 Å². The van der Waals surface area contributed by atoms with E-state index in [1.54, 1.807) is 12.1 Å². The van der Waals surface area contributed by atoms with Crippen molar-refractivity contribution >= 4 is 35.2 Å². The maximum Gasteiger partial charge on any atom is 0.248 e. The lowest BCUT2D eigenvalue weighted by Gasteiger charge is -2.11. The van der Waals surface area contributed by atoms with Crippen LogP contribution < -0.4 is 10.9 Å². The molecule has 1 aromatic carbocycles. The van der Waals surface area contributed by atoms with Crippen LogP contribution in [0.1, 0.15) is 26.7 Å². The van der Waals surface area contributed by atoms with E-state index in [-0.39, 0.29) is 23.5 Å². The number of benzene rings is 1. The van der Waals surface area contributed by atoms with Gasteiger partial charge in [-0.05, 0) is 30.7 Å². The number of carbonyl (C=O) groups excluding carboxylic acids is 2. The van der Waals surface area contributed by atoms with E-state index in [1.165, 1.54) is 11.8 Å². The Morgan fingerprint density at radius 3 is 2.50 bits per heavy atom. The molecule has 0 fully saturated rings. The summed E-state index contributed by atoms with van der Waals surface area (Å²) in [6.45, 7) is 3.86. The third kappa shape index (κ3) is 6.30. The molecule has 0 aliphatic heterocycles. The Balaban J connectivity index is 2.27. The van der Waals surface area contributed by atoms with Gasteiger partial charge in [0.2, 0.25) is 11.8 Å². The fraction of sp³-hybridized carbons (Fsp3) is 0.429. The molecule has 1 rings (SSSR count). The van der Waals surface area contributed by atoms with Crippen molar-refractivity contribution < 1.29 is 9.59 Å². The van der Waals surface area contributed by atoms with Crippen molar-refractivity contribution in [1.29, 1.82) is 0 Å². The van der Waals surface area contributed by atoms with Gasteiger partial charge in [0.15, 0.2) is 0 Å². The molecule has 1 atom stereocenters. The zero-order valence-corrected chi connectivity index (χ0v) is 13.2. The second-order valence-corrected chi connectivity index (χ2v) is 5.95. The van der Waals surface area contributed by atoms with Gasteiger partial charge in [-0.1, -0.05) is 31.9 Å². The highest BCUT2D eigenvalue weighted by atomic mass is 35.5. The van der Waals surface area contributed by atoms with Crippen LogP contribution in [0, 0.1) is 5.92 Å². The monoisotopic (exact) mass is 314 g/mol. The largest absolute Gasteiger partial charge is 0.273 e. The van der Waals surface area contributed by atoms with Gasteiger partial charge in [0.05, 0.1) is 5.75 Å². The Hall–Kier alpha value is -1.20. The van der Waals surface area contributed by atoms with Gasteiger partial charge in [-0.15, -0.1) is 11.8 Å². The fourth-order valence-corrected chi connectivity index (χ4v) is 2.36. The van der Waals surface area contributed by atoms with Gasteiger partial charge in [0, 0.05) is 15.8 Å². The van der Waals surface area contributed by atoms with Gasteiger partial charge in [-0.2, -0.15) is 0 Å². The van der Waals surface area contributed by atoms with Gasteiger partial charge < -0.3 is 0 Å². The van der Waals surface area contributed by atoms with E-state index < -0.39 is 0 Å². The Kier molecular flexibility index (Phi) is 7.47. The Labute approximate surface area is 128 Å². The number of hydrogen-bond acceptors (Lipinski definition) is 3. The first-order valence-electron chi connectivity index (χ1n) is 6.50. The number of carbonyl (C=O) groups is 2. The number of rotatable bonds is 6. The number of amides is 2. The Morgan fingerprint density at radius 1 is 1.25 bits per heavy atom. The molecule has 0 saturated heterocycles. The number of hydrazine groups is 1. The first-order chi connectivity index (χ1) is 9.52. The maximum absolute atomic E-state index is 11.6. The third-order valence-corrected chi connectivity index (χ3v) is 3.94. The lowest BCUT2D eigenvalue weighted by atomic mass is 10.1. The summed E-state index contributed by atoms with van der Waals surface area (Å²) < 4.78 is 0. The lowest BCUT2D eigenvalue weighted by molar-refractivity contribution is -0.130. The number of halogens is 1. The minimum atomic E-state index is -0.234. The quantitative estimate of drug-likeness (QED) is 0.627. The molecule has 2 amide bonds. The van der Waals surface area contributed by atoms with Crippen LogP contribution in [0.3, 0.4) is 0 Å². The second kappa shape index (κ2) is 8.87. The molecule has 1 unspecified atom stereocenters. The SMILES string of the molecule is CCCC(C)C(=O)NNC(=O)CSc1ccc(Cl)cc1. The topological polar surface area (TPSA) is 58.2 Å². The summed E-state index contributed by atoms with van der Waals surface area (Å²) in [6, 6.07) is 7.25.